The second-order valence-electron chi connectivity index (χ2n) is 2.30. The van der Waals surface area contributed by atoms with E-state index in [0.29, 0.717) is 5.03 Å². The Morgan fingerprint density at radius 2 is 1.93 bits per heavy atom. The van der Waals surface area contributed by atoms with Crippen molar-refractivity contribution in [3.63, 3.8) is 0 Å². The molecule has 0 aromatic carbocycles. The van der Waals surface area contributed by atoms with E-state index >= 15 is 0 Å². The summed E-state index contributed by atoms with van der Waals surface area (Å²) >= 11 is 6.97. The molecule has 6 heteroatoms. The standard InChI is InChI=1S/C8H5ClN4S/c1-14-8-5(3-11)6(12)4(2-10)7(9)13-8/h1H3,(H2,12,13). The third-order valence-electron chi connectivity index (χ3n) is 1.58. The molecule has 0 radical (unpaired) electrons. The molecule has 0 unspecified atom stereocenters. The quantitative estimate of drug-likeness (QED) is 0.581. The molecule has 14 heavy (non-hydrogen) atoms. The third-order valence-corrected chi connectivity index (χ3v) is 2.53. The largest absolute Gasteiger partial charge is 0.396 e. The zero-order chi connectivity index (χ0) is 10.7. The first-order valence-electron chi connectivity index (χ1n) is 3.48. The van der Waals surface area contributed by atoms with E-state index in [9.17, 15) is 0 Å². The summed E-state index contributed by atoms with van der Waals surface area (Å²) in [6, 6.07) is 3.71. The fourth-order valence-electron chi connectivity index (χ4n) is 0.914. The molecule has 1 rings (SSSR count). The molecule has 0 saturated carbocycles. The summed E-state index contributed by atoms with van der Waals surface area (Å²) in [5.41, 5.74) is 5.96. The lowest BCUT2D eigenvalue weighted by molar-refractivity contribution is 1.11. The number of nitriles is 2. The van der Waals surface area contributed by atoms with Crippen LogP contribution in [-0.2, 0) is 0 Å². The van der Waals surface area contributed by atoms with Crippen LogP contribution in [0.4, 0.5) is 5.69 Å². The van der Waals surface area contributed by atoms with Crippen molar-refractivity contribution < 1.29 is 0 Å². The number of nitrogen functional groups attached to an aromatic ring is 1. The van der Waals surface area contributed by atoms with Gasteiger partial charge in [-0.05, 0) is 6.26 Å². The van der Waals surface area contributed by atoms with Gasteiger partial charge in [0.05, 0.1) is 5.69 Å². The average molecular weight is 225 g/mol. The lowest BCUT2D eigenvalue weighted by atomic mass is 10.2. The summed E-state index contributed by atoms with van der Waals surface area (Å²) in [6.45, 7) is 0. The van der Waals surface area contributed by atoms with Gasteiger partial charge in [0.25, 0.3) is 0 Å². The third kappa shape index (κ3) is 1.60. The van der Waals surface area contributed by atoms with Crippen molar-refractivity contribution in [2.45, 2.75) is 5.03 Å². The Balaban J connectivity index is 3.60. The summed E-state index contributed by atoms with van der Waals surface area (Å²) in [5.74, 6) is 0. The molecule has 0 spiro atoms. The van der Waals surface area contributed by atoms with Crippen LogP contribution < -0.4 is 5.73 Å². The SMILES string of the molecule is CSc1nc(Cl)c(C#N)c(N)c1C#N. The molecule has 1 aromatic rings. The first-order chi connectivity index (χ1) is 6.65. The highest BCUT2D eigenvalue weighted by Gasteiger charge is 2.15. The van der Waals surface area contributed by atoms with Crippen molar-refractivity contribution in [3.8, 4) is 12.1 Å². The predicted molar refractivity (Wildman–Crippen MR) is 54.9 cm³/mol. The van der Waals surface area contributed by atoms with E-state index in [-0.39, 0.29) is 22.0 Å². The first kappa shape index (κ1) is 10.6. The number of rotatable bonds is 1. The Hall–Kier alpha value is -1.43. The summed E-state index contributed by atoms with van der Waals surface area (Å²) in [4.78, 5) is 3.90. The molecule has 0 fully saturated rings. The zero-order valence-electron chi connectivity index (χ0n) is 7.21. The van der Waals surface area contributed by atoms with Gasteiger partial charge < -0.3 is 5.73 Å². The molecule has 1 aromatic heterocycles. The van der Waals surface area contributed by atoms with Gasteiger partial charge >= 0.3 is 0 Å². The Kier molecular flexibility index (Phi) is 3.19. The molecular formula is C8H5ClN4S. The highest BCUT2D eigenvalue weighted by molar-refractivity contribution is 7.98. The molecule has 4 nitrogen and oxygen atoms in total. The molecule has 2 N–H and O–H groups in total. The van der Waals surface area contributed by atoms with Gasteiger partial charge in [0.1, 0.15) is 33.4 Å². The monoisotopic (exact) mass is 224 g/mol. The van der Waals surface area contributed by atoms with Gasteiger partial charge in [-0.1, -0.05) is 11.6 Å². The van der Waals surface area contributed by atoms with Gasteiger partial charge in [-0.15, -0.1) is 11.8 Å². The van der Waals surface area contributed by atoms with Crippen LogP contribution in [0.25, 0.3) is 0 Å². The smallest absolute Gasteiger partial charge is 0.150 e. The lowest BCUT2D eigenvalue weighted by Crippen LogP contribution is -2.00. The normalized spacial score (nSPS) is 9.14. The van der Waals surface area contributed by atoms with Crippen molar-refractivity contribution in [2.75, 3.05) is 12.0 Å². The van der Waals surface area contributed by atoms with Crippen LogP contribution in [0.1, 0.15) is 11.1 Å². The zero-order valence-corrected chi connectivity index (χ0v) is 8.78. The number of halogens is 1. The maximum atomic E-state index is 8.81. The molecule has 0 amide bonds. The van der Waals surface area contributed by atoms with E-state index in [1.54, 1.807) is 6.26 Å². The van der Waals surface area contributed by atoms with E-state index in [0.717, 1.165) is 0 Å². The summed E-state index contributed by atoms with van der Waals surface area (Å²) in [5, 5.41) is 18.0. The molecule has 0 atom stereocenters. The Bertz CT molecular complexity index is 458. The van der Waals surface area contributed by atoms with Crippen molar-refractivity contribution in [1.82, 2.24) is 4.98 Å². The van der Waals surface area contributed by atoms with Gasteiger partial charge in [-0.25, -0.2) is 4.98 Å². The fraction of sp³-hybridized carbons (Fsp3) is 0.125. The van der Waals surface area contributed by atoms with E-state index in [2.05, 4.69) is 4.98 Å². The van der Waals surface area contributed by atoms with Crippen molar-refractivity contribution >= 4 is 29.1 Å². The number of hydrogen-bond donors (Lipinski definition) is 1. The number of aromatic nitrogens is 1. The highest BCUT2D eigenvalue weighted by atomic mass is 35.5. The average Bonchev–Trinajstić information content (AvgIpc) is 2.17. The van der Waals surface area contributed by atoms with Crippen LogP contribution in [0.5, 0.6) is 0 Å². The molecule has 0 bridgehead atoms. The maximum absolute atomic E-state index is 8.81. The Labute approximate surface area is 90.3 Å². The van der Waals surface area contributed by atoms with Crippen LogP contribution in [0, 0.1) is 22.7 Å². The molecule has 1 heterocycles. The van der Waals surface area contributed by atoms with Crippen LogP contribution >= 0.6 is 23.4 Å². The van der Waals surface area contributed by atoms with Crippen molar-refractivity contribution in [2.24, 2.45) is 0 Å². The fourth-order valence-corrected chi connectivity index (χ4v) is 1.74. The lowest BCUT2D eigenvalue weighted by Gasteiger charge is -2.05. The minimum absolute atomic E-state index is 0.0355. The van der Waals surface area contributed by atoms with Gasteiger partial charge in [-0.3, -0.25) is 0 Å². The van der Waals surface area contributed by atoms with Crippen LogP contribution in [0.3, 0.4) is 0 Å². The van der Waals surface area contributed by atoms with E-state index in [1.165, 1.54) is 11.8 Å². The van der Waals surface area contributed by atoms with Gasteiger partial charge in [0.15, 0.2) is 0 Å². The Morgan fingerprint density at radius 1 is 1.36 bits per heavy atom. The van der Waals surface area contributed by atoms with Gasteiger partial charge in [0, 0.05) is 0 Å². The van der Waals surface area contributed by atoms with Crippen molar-refractivity contribution in [3.05, 3.63) is 16.3 Å². The minimum Gasteiger partial charge on any atom is -0.396 e. The van der Waals surface area contributed by atoms with Crippen LogP contribution in [-0.4, -0.2) is 11.2 Å². The number of anilines is 1. The molecule has 0 aliphatic heterocycles. The number of nitrogens with two attached hydrogens (primary N) is 1. The molecule has 0 aliphatic rings. The van der Waals surface area contributed by atoms with E-state index < -0.39 is 0 Å². The van der Waals surface area contributed by atoms with E-state index in [1.807, 2.05) is 12.1 Å². The van der Waals surface area contributed by atoms with Gasteiger partial charge in [-0.2, -0.15) is 10.5 Å². The molecular weight excluding hydrogens is 220 g/mol. The predicted octanol–water partition coefficient (Wildman–Crippen LogP) is 1.78. The maximum Gasteiger partial charge on any atom is 0.150 e. The van der Waals surface area contributed by atoms with Crippen LogP contribution in [0.2, 0.25) is 5.15 Å². The Morgan fingerprint density at radius 3 is 2.36 bits per heavy atom. The van der Waals surface area contributed by atoms with Crippen molar-refractivity contribution in [1.29, 1.82) is 10.5 Å². The number of nitrogens with zero attached hydrogens (tertiary/aromatic N) is 3. The second kappa shape index (κ2) is 4.19. The van der Waals surface area contributed by atoms with Crippen LogP contribution in [0.15, 0.2) is 5.03 Å². The minimum atomic E-state index is 0.0355. The number of pyridine rings is 1. The summed E-state index contributed by atoms with van der Waals surface area (Å²) in [7, 11) is 0. The molecule has 0 aliphatic carbocycles. The van der Waals surface area contributed by atoms with Gasteiger partial charge in [0.2, 0.25) is 0 Å². The number of hydrogen-bond acceptors (Lipinski definition) is 5. The second-order valence-corrected chi connectivity index (χ2v) is 3.45. The molecule has 70 valence electrons. The summed E-state index contributed by atoms with van der Waals surface area (Å²) < 4.78 is 0. The van der Waals surface area contributed by atoms with E-state index in [4.69, 9.17) is 27.9 Å². The highest BCUT2D eigenvalue weighted by Crippen LogP contribution is 2.29. The summed E-state index contributed by atoms with van der Waals surface area (Å²) in [6.07, 6.45) is 1.75. The molecule has 0 saturated heterocycles. The first-order valence-corrected chi connectivity index (χ1v) is 5.09. The topological polar surface area (TPSA) is 86.5 Å². The number of thioether (sulfide) groups is 1.